The number of methoxy groups -OCH3 is 1. The van der Waals surface area contributed by atoms with Crippen molar-refractivity contribution in [1.82, 2.24) is 0 Å². The SMILES string of the molecule is COc1ccc(/C=C/c2ccccc2CC#N)cc1. The van der Waals surface area contributed by atoms with E-state index in [9.17, 15) is 0 Å². The number of rotatable bonds is 4. The minimum Gasteiger partial charge on any atom is -0.497 e. The van der Waals surface area contributed by atoms with Crippen molar-refractivity contribution < 1.29 is 4.74 Å². The van der Waals surface area contributed by atoms with Crippen LogP contribution in [0.4, 0.5) is 0 Å². The van der Waals surface area contributed by atoms with E-state index >= 15 is 0 Å². The molecule has 2 aromatic rings. The molecule has 2 nitrogen and oxygen atoms in total. The van der Waals surface area contributed by atoms with Gasteiger partial charge >= 0.3 is 0 Å². The molecule has 0 aromatic heterocycles. The Kier molecular flexibility index (Phi) is 4.36. The molecule has 0 saturated heterocycles. The molecule has 0 heterocycles. The summed E-state index contributed by atoms with van der Waals surface area (Å²) in [7, 11) is 1.66. The molecule has 0 spiro atoms. The molecule has 0 radical (unpaired) electrons. The van der Waals surface area contributed by atoms with Crippen LogP contribution < -0.4 is 4.74 Å². The zero-order valence-electron chi connectivity index (χ0n) is 10.8. The molecule has 0 aliphatic carbocycles. The van der Waals surface area contributed by atoms with Gasteiger partial charge in [0.25, 0.3) is 0 Å². The second-order valence-corrected chi connectivity index (χ2v) is 4.14. The van der Waals surface area contributed by atoms with Gasteiger partial charge in [-0.15, -0.1) is 0 Å². The molecule has 94 valence electrons. The van der Waals surface area contributed by atoms with E-state index in [1.807, 2.05) is 60.7 Å². The summed E-state index contributed by atoms with van der Waals surface area (Å²) in [5.41, 5.74) is 3.24. The van der Waals surface area contributed by atoms with Gasteiger partial charge < -0.3 is 4.74 Å². The molecule has 0 bridgehead atoms. The van der Waals surface area contributed by atoms with Crippen molar-refractivity contribution in [1.29, 1.82) is 5.26 Å². The van der Waals surface area contributed by atoms with Gasteiger partial charge in [0.1, 0.15) is 5.75 Å². The van der Waals surface area contributed by atoms with Crippen LogP contribution in [0.15, 0.2) is 48.5 Å². The van der Waals surface area contributed by atoms with E-state index < -0.39 is 0 Å². The predicted molar refractivity (Wildman–Crippen MR) is 77.7 cm³/mol. The van der Waals surface area contributed by atoms with E-state index in [-0.39, 0.29) is 0 Å². The van der Waals surface area contributed by atoms with Gasteiger partial charge in [-0.3, -0.25) is 0 Å². The van der Waals surface area contributed by atoms with Crippen LogP contribution in [0.5, 0.6) is 5.75 Å². The van der Waals surface area contributed by atoms with Crippen molar-refractivity contribution >= 4 is 12.2 Å². The minimum atomic E-state index is 0.434. The smallest absolute Gasteiger partial charge is 0.118 e. The molecule has 0 unspecified atom stereocenters. The van der Waals surface area contributed by atoms with Crippen LogP contribution >= 0.6 is 0 Å². The molecular formula is C17H15NO. The lowest BCUT2D eigenvalue weighted by Gasteiger charge is -2.02. The molecule has 19 heavy (non-hydrogen) atoms. The van der Waals surface area contributed by atoms with Gasteiger partial charge in [0, 0.05) is 0 Å². The normalized spacial score (nSPS) is 10.3. The van der Waals surface area contributed by atoms with E-state index in [1.165, 1.54) is 0 Å². The van der Waals surface area contributed by atoms with Gasteiger partial charge in [-0.05, 0) is 28.8 Å². The van der Waals surface area contributed by atoms with E-state index in [2.05, 4.69) is 6.07 Å². The first kappa shape index (κ1) is 12.9. The highest BCUT2D eigenvalue weighted by molar-refractivity contribution is 5.71. The van der Waals surface area contributed by atoms with Crippen LogP contribution in [-0.4, -0.2) is 7.11 Å². The summed E-state index contributed by atoms with van der Waals surface area (Å²) in [6.07, 6.45) is 4.51. The zero-order chi connectivity index (χ0) is 13.5. The summed E-state index contributed by atoms with van der Waals surface area (Å²) < 4.78 is 5.12. The lowest BCUT2D eigenvalue weighted by molar-refractivity contribution is 0.415. The fourth-order valence-electron chi connectivity index (χ4n) is 1.84. The van der Waals surface area contributed by atoms with Crippen LogP contribution in [0.3, 0.4) is 0 Å². The lowest BCUT2D eigenvalue weighted by Crippen LogP contribution is -1.86. The third-order valence-corrected chi connectivity index (χ3v) is 2.90. The molecule has 0 aliphatic heterocycles. The summed E-state index contributed by atoms with van der Waals surface area (Å²) in [6, 6.07) is 18.0. The standard InChI is InChI=1S/C17H15NO/c1-19-17-10-7-14(8-11-17)6-9-15-4-2-3-5-16(15)12-13-18/h2-11H,12H2,1H3/b9-6+. The summed E-state index contributed by atoms with van der Waals surface area (Å²) in [6.45, 7) is 0. The quantitative estimate of drug-likeness (QED) is 0.769. The predicted octanol–water partition coefficient (Wildman–Crippen LogP) is 3.93. The van der Waals surface area contributed by atoms with Crippen LogP contribution in [-0.2, 0) is 6.42 Å². The van der Waals surface area contributed by atoms with Crippen molar-refractivity contribution in [3.05, 3.63) is 65.2 Å². The molecule has 2 rings (SSSR count). The number of hydrogen-bond acceptors (Lipinski definition) is 2. The number of benzene rings is 2. The Balaban J connectivity index is 2.20. The summed E-state index contributed by atoms with van der Waals surface area (Å²) in [5.74, 6) is 0.849. The van der Waals surface area contributed by atoms with Gasteiger partial charge in [0.15, 0.2) is 0 Å². The first-order valence-corrected chi connectivity index (χ1v) is 6.10. The molecular weight excluding hydrogens is 234 g/mol. The molecule has 0 aliphatic rings. The molecule has 2 aromatic carbocycles. The topological polar surface area (TPSA) is 33.0 Å². The third kappa shape index (κ3) is 3.46. The maximum atomic E-state index is 8.80. The maximum absolute atomic E-state index is 8.80. The Labute approximate surface area is 113 Å². The monoisotopic (exact) mass is 249 g/mol. The average Bonchev–Trinajstić information content (AvgIpc) is 2.47. The lowest BCUT2D eigenvalue weighted by atomic mass is 10.0. The second kappa shape index (κ2) is 6.42. The highest BCUT2D eigenvalue weighted by Crippen LogP contribution is 2.16. The van der Waals surface area contributed by atoms with Crippen molar-refractivity contribution in [2.75, 3.05) is 7.11 Å². The van der Waals surface area contributed by atoms with Gasteiger partial charge in [0.2, 0.25) is 0 Å². The molecule has 2 heteroatoms. The van der Waals surface area contributed by atoms with Gasteiger partial charge in [-0.1, -0.05) is 48.6 Å². The van der Waals surface area contributed by atoms with Gasteiger partial charge in [-0.25, -0.2) is 0 Å². The molecule has 0 fully saturated rings. The van der Waals surface area contributed by atoms with Crippen molar-refractivity contribution in [3.8, 4) is 11.8 Å². The van der Waals surface area contributed by atoms with Gasteiger partial charge in [-0.2, -0.15) is 5.26 Å². The zero-order valence-corrected chi connectivity index (χ0v) is 10.8. The fraction of sp³-hybridized carbons (Fsp3) is 0.118. The Bertz CT molecular complexity index is 606. The Morgan fingerprint density at radius 1 is 1.05 bits per heavy atom. The summed E-state index contributed by atoms with van der Waals surface area (Å²) >= 11 is 0. The first-order chi connectivity index (χ1) is 9.33. The van der Waals surface area contributed by atoms with Gasteiger partial charge in [0.05, 0.1) is 19.6 Å². The number of ether oxygens (including phenoxy) is 1. The van der Waals surface area contributed by atoms with E-state index in [0.717, 1.165) is 22.4 Å². The molecule has 0 N–H and O–H groups in total. The third-order valence-electron chi connectivity index (χ3n) is 2.90. The summed E-state index contributed by atoms with van der Waals surface area (Å²) in [4.78, 5) is 0. The highest BCUT2D eigenvalue weighted by Gasteiger charge is 1.97. The number of nitriles is 1. The number of hydrogen-bond donors (Lipinski definition) is 0. The fourth-order valence-corrected chi connectivity index (χ4v) is 1.84. The summed E-state index contributed by atoms with van der Waals surface area (Å²) in [5, 5.41) is 8.80. The second-order valence-electron chi connectivity index (χ2n) is 4.14. The maximum Gasteiger partial charge on any atom is 0.118 e. The van der Waals surface area contributed by atoms with Crippen molar-refractivity contribution in [2.24, 2.45) is 0 Å². The van der Waals surface area contributed by atoms with E-state index in [0.29, 0.717) is 6.42 Å². The molecule has 0 amide bonds. The van der Waals surface area contributed by atoms with Crippen molar-refractivity contribution in [3.63, 3.8) is 0 Å². The first-order valence-electron chi connectivity index (χ1n) is 6.10. The average molecular weight is 249 g/mol. The molecule has 0 atom stereocenters. The van der Waals surface area contributed by atoms with E-state index in [1.54, 1.807) is 7.11 Å². The number of nitrogens with zero attached hydrogens (tertiary/aromatic N) is 1. The molecule has 0 saturated carbocycles. The largest absolute Gasteiger partial charge is 0.497 e. The van der Waals surface area contributed by atoms with Crippen LogP contribution in [0.2, 0.25) is 0 Å². The minimum absolute atomic E-state index is 0.434. The van der Waals surface area contributed by atoms with Crippen LogP contribution in [0, 0.1) is 11.3 Å². The Morgan fingerprint density at radius 2 is 1.79 bits per heavy atom. The van der Waals surface area contributed by atoms with Crippen LogP contribution in [0.1, 0.15) is 16.7 Å². The Hall–Kier alpha value is -2.53. The van der Waals surface area contributed by atoms with Crippen LogP contribution in [0.25, 0.3) is 12.2 Å². The highest BCUT2D eigenvalue weighted by atomic mass is 16.5. The van der Waals surface area contributed by atoms with Crippen molar-refractivity contribution in [2.45, 2.75) is 6.42 Å². The van der Waals surface area contributed by atoms with E-state index in [4.69, 9.17) is 10.00 Å². The Morgan fingerprint density at radius 3 is 2.47 bits per heavy atom.